The summed E-state index contributed by atoms with van der Waals surface area (Å²) in [4.78, 5) is 12.0. The molecule has 2 aromatic carbocycles. The Morgan fingerprint density at radius 1 is 1.09 bits per heavy atom. The summed E-state index contributed by atoms with van der Waals surface area (Å²) in [5, 5.41) is 4.97. The minimum atomic E-state index is -3.97. The van der Waals surface area contributed by atoms with Crippen molar-refractivity contribution in [2.45, 2.75) is 11.1 Å². The van der Waals surface area contributed by atoms with E-state index in [1.165, 1.54) is 18.2 Å². The lowest BCUT2D eigenvalue weighted by Gasteiger charge is -2.27. The minimum absolute atomic E-state index is 0.0249. The van der Waals surface area contributed by atoms with E-state index >= 15 is 0 Å². The van der Waals surface area contributed by atoms with E-state index in [9.17, 15) is 22.0 Å². The average molecular weight is 339 g/mol. The Balaban J connectivity index is 1.86. The van der Waals surface area contributed by atoms with Crippen LogP contribution in [-0.2, 0) is 14.8 Å². The summed E-state index contributed by atoms with van der Waals surface area (Å²) < 4.78 is 52.7. The van der Waals surface area contributed by atoms with E-state index in [1.807, 2.05) is 0 Å². The predicted octanol–water partition coefficient (Wildman–Crippen LogP) is 1.63. The van der Waals surface area contributed by atoms with Crippen molar-refractivity contribution in [2.75, 3.05) is 10.6 Å². The topological polar surface area (TPSA) is 87.3 Å². The van der Waals surface area contributed by atoms with Crippen molar-refractivity contribution in [3.05, 3.63) is 54.1 Å². The molecule has 0 saturated carbocycles. The summed E-state index contributed by atoms with van der Waals surface area (Å²) in [6.07, 6.45) is -1.35. The third kappa shape index (κ3) is 3.15. The predicted molar refractivity (Wildman–Crippen MR) is 79.2 cm³/mol. The van der Waals surface area contributed by atoms with E-state index in [0.29, 0.717) is 0 Å². The van der Waals surface area contributed by atoms with Crippen molar-refractivity contribution < 1.29 is 22.0 Å². The van der Waals surface area contributed by atoms with E-state index in [0.717, 1.165) is 24.3 Å². The molecular weight excluding hydrogens is 328 g/mol. The van der Waals surface area contributed by atoms with E-state index < -0.39 is 33.7 Å². The molecule has 1 aliphatic heterocycles. The number of carbonyl (C=O) groups is 1. The second-order valence-electron chi connectivity index (χ2n) is 4.84. The first kappa shape index (κ1) is 15.4. The molecule has 6 nitrogen and oxygen atoms in total. The fraction of sp³-hybridized carbons (Fsp3) is 0.0714. The molecule has 1 unspecified atom stereocenters. The quantitative estimate of drug-likeness (QED) is 0.776. The van der Waals surface area contributed by atoms with Gasteiger partial charge in [0.15, 0.2) is 6.17 Å². The number of benzene rings is 2. The van der Waals surface area contributed by atoms with Gasteiger partial charge in [-0.05, 0) is 36.4 Å². The summed E-state index contributed by atoms with van der Waals surface area (Å²) in [6.45, 7) is 0. The molecule has 3 N–H and O–H groups in total. The molecule has 120 valence electrons. The number of carbonyl (C=O) groups excluding carboxylic acids is 1. The van der Waals surface area contributed by atoms with Crippen molar-refractivity contribution in [1.82, 2.24) is 4.72 Å². The lowest BCUT2D eigenvalue weighted by atomic mass is 10.2. The van der Waals surface area contributed by atoms with Gasteiger partial charge in [-0.3, -0.25) is 4.79 Å². The van der Waals surface area contributed by atoms with Gasteiger partial charge in [0.2, 0.25) is 10.0 Å². The molecular formula is C14H11F2N3O3S. The van der Waals surface area contributed by atoms with Crippen LogP contribution in [0.4, 0.5) is 20.2 Å². The first-order valence-electron chi connectivity index (χ1n) is 6.50. The van der Waals surface area contributed by atoms with E-state index in [2.05, 4.69) is 15.4 Å². The Bertz CT molecular complexity index is 887. The SMILES string of the molecule is O=C(Nc1cccc(F)c1)C1Nc2cc(F)ccc2S(=O)(=O)N1. The highest BCUT2D eigenvalue weighted by Gasteiger charge is 2.33. The number of anilines is 2. The summed E-state index contributed by atoms with van der Waals surface area (Å²) in [7, 11) is -3.97. The number of halogens is 2. The molecule has 1 aliphatic rings. The normalized spacial score (nSPS) is 18.6. The lowest BCUT2D eigenvalue weighted by Crippen LogP contribution is -2.51. The maximum atomic E-state index is 13.3. The van der Waals surface area contributed by atoms with E-state index in [4.69, 9.17) is 0 Å². The van der Waals surface area contributed by atoms with Crippen LogP contribution in [0.1, 0.15) is 0 Å². The standard InChI is InChI=1S/C14H11F2N3O3S/c15-8-2-1-3-10(6-8)17-14(20)13-18-11-7-9(16)4-5-12(11)23(21,22)19-13/h1-7,13,18-19H,(H,17,20). The summed E-state index contributed by atoms with van der Waals surface area (Å²) >= 11 is 0. The molecule has 9 heteroatoms. The maximum absolute atomic E-state index is 13.3. The maximum Gasteiger partial charge on any atom is 0.262 e. The molecule has 23 heavy (non-hydrogen) atoms. The molecule has 1 heterocycles. The van der Waals surface area contributed by atoms with Crippen LogP contribution >= 0.6 is 0 Å². The smallest absolute Gasteiger partial charge is 0.262 e. The van der Waals surface area contributed by atoms with Crippen LogP contribution < -0.4 is 15.4 Å². The second-order valence-corrected chi connectivity index (χ2v) is 6.52. The summed E-state index contributed by atoms with van der Waals surface area (Å²) in [6, 6.07) is 8.23. The Morgan fingerprint density at radius 2 is 1.83 bits per heavy atom. The number of nitrogens with one attached hydrogen (secondary N) is 3. The third-order valence-electron chi connectivity index (χ3n) is 3.16. The van der Waals surface area contributed by atoms with Crippen molar-refractivity contribution in [3.63, 3.8) is 0 Å². The van der Waals surface area contributed by atoms with Crippen LogP contribution in [0, 0.1) is 11.6 Å². The molecule has 0 bridgehead atoms. The zero-order valence-electron chi connectivity index (χ0n) is 11.5. The van der Waals surface area contributed by atoms with Gasteiger partial charge in [0, 0.05) is 5.69 Å². The van der Waals surface area contributed by atoms with Crippen LogP contribution in [0.25, 0.3) is 0 Å². The Hall–Kier alpha value is -2.52. The number of hydrogen-bond acceptors (Lipinski definition) is 4. The highest BCUT2D eigenvalue weighted by Crippen LogP contribution is 2.26. The summed E-state index contributed by atoms with van der Waals surface area (Å²) in [5.41, 5.74) is 0.143. The van der Waals surface area contributed by atoms with Crippen molar-refractivity contribution in [1.29, 1.82) is 0 Å². The van der Waals surface area contributed by atoms with Crippen LogP contribution in [0.2, 0.25) is 0 Å². The molecule has 0 saturated heterocycles. The van der Waals surface area contributed by atoms with Gasteiger partial charge < -0.3 is 10.6 Å². The monoisotopic (exact) mass is 339 g/mol. The van der Waals surface area contributed by atoms with Crippen LogP contribution in [0.5, 0.6) is 0 Å². The molecule has 0 radical (unpaired) electrons. The zero-order valence-corrected chi connectivity index (χ0v) is 12.3. The van der Waals surface area contributed by atoms with Crippen molar-refractivity contribution in [3.8, 4) is 0 Å². The number of amides is 1. The molecule has 2 aromatic rings. The first-order valence-corrected chi connectivity index (χ1v) is 7.98. The largest absolute Gasteiger partial charge is 0.360 e. The minimum Gasteiger partial charge on any atom is -0.360 e. The molecule has 3 rings (SSSR count). The Kier molecular flexibility index (Phi) is 3.74. The number of hydrogen-bond donors (Lipinski definition) is 3. The third-order valence-corrected chi connectivity index (χ3v) is 4.64. The van der Waals surface area contributed by atoms with Gasteiger partial charge >= 0.3 is 0 Å². The molecule has 0 spiro atoms. The van der Waals surface area contributed by atoms with Crippen LogP contribution in [0.3, 0.4) is 0 Å². The van der Waals surface area contributed by atoms with Gasteiger partial charge in [-0.1, -0.05) is 6.07 Å². The highest BCUT2D eigenvalue weighted by molar-refractivity contribution is 7.89. The lowest BCUT2D eigenvalue weighted by molar-refractivity contribution is -0.117. The van der Waals surface area contributed by atoms with Gasteiger partial charge in [-0.15, -0.1) is 0 Å². The van der Waals surface area contributed by atoms with Gasteiger partial charge in [0.05, 0.1) is 5.69 Å². The van der Waals surface area contributed by atoms with Crippen molar-refractivity contribution >= 4 is 27.3 Å². The van der Waals surface area contributed by atoms with Crippen molar-refractivity contribution in [2.24, 2.45) is 0 Å². The number of rotatable bonds is 2. The Labute approximate surface area is 130 Å². The highest BCUT2D eigenvalue weighted by atomic mass is 32.2. The molecule has 1 amide bonds. The second kappa shape index (κ2) is 5.60. The van der Waals surface area contributed by atoms with E-state index in [-0.39, 0.29) is 16.3 Å². The first-order chi connectivity index (χ1) is 10.8. The van der Waals surface area contributed by atoms with Crippen LogP contribution in [0.15, 0.2) is 47.4 Å². The fourth-order valence-corrected chi connectivity index (χ4v) is 3.41. The molecule has 0 aromatic heterocycles. The molecule has 0 fully saturated rings. The zero-order chi connectivity index (χ0) is 16.6. The summed E-state index contributed by atoms with van der Waals surface area (Å²) in [5.74, 6) is -1.95. The van der Waals surface area contributed by atoms with Crippen LogP contribution in [-0.4, -0.2) is 20.5 Å². The fourth-order valence-electron chi connectivity index (χ4n) is 2.15. The average Bonchev–Trinajstić information content (AvgIpc) is 2.45. The number of sulfonamides is 1. The molecule has 0 aliphatic carbocycles. The molecule has 1 atom stereocenters. The van der Waals surface area contributed by atoms with Gasteiger partial charge in [0.1, 0.15) is 16.5 Å². The Morgan fingerprint density at radius 3 is 2.57 bits per heavy atom. The van der Waals surface area contributed by atoms with Gasteiger partial charge in [0.25, 0.3) is 5.91 Å². The van der Waals surface area contributed by atoms with E-state index in [1.54, 1.807) is 0 Å². The van der Waals surface area contributed by atoms with Gasteiger partial charge in [-0.25, -0.2) is 17.2 Å². The van der Waals surface area contributed by atoms with Gasteiger partial charge in [-0.2, -0.15) is 4.72 Å². The number of fused-ring (bicyclic) bond motifs is 1.